The van der Waals surface area contributed by atoms with Gasteiger partial charge in [-0.2, -0.15) is 0 Å². The molecule has 3 heteroatoms. The van der Waals surface area contributed by atoms with E-state index in [9.17, 15) is 0 Å². The zero-order valence-corrected chi connectivity index (χ0v) is 14.1. The van der Waals surface area contributed by atoms with Crippen LogP contribution in [-0.2, 0) is 8.85 Å². The first-order chi connectivity index (χ1) is 9.04. The molecule has 0 aromatic heterocycles. The van der Waals surface area contributed by atoms with Gasteiger partial charge in [-0.25, -0.2) is 0 Å². The van der Waals surface area contributed by atoms with Crippen molar-refractivity contribution in [1.82, 2.24) is 0 Å². The summed E-state index contributed by atoms with van der Waals surface area (Å²) in [5.41, 5.74) is 1.80. The van der Waals surface area contributed by atoms with Crippen LogP contribution in [0.1, 0.15) is 58.6 Å². The Kier molecular flexibility index (Phi) is 7.35. The predicted octanol–water partition coefficient (Wildman–Crippen LogP) is 4.18. The van der Waals surface area contributed by atoms with Crippen molar-refractivity contribution in [2.24, 2.45) is 0 Å². The second-order valence-electron chi connectivity index (χ2n) is 5.54. The first-order valence-corrected chi connectivity index (χ1v) is 9.01. The van der Waals surface area contributed by atoms with Crippen molar-refractivity contribution >= 4 is 9.28 Å². The lowest BCUT2D eigenvalue weighted by Gasteiger charge is -2.29. The summed E-state index contributed by atoms with van der Waals surface area (Å²) in [6.45, 7) is 10.6. The first-order valence-electron chi connectivity index (χ1n) is 7.40. The monoisotopic (exact) mass is 280 g/mol. The molecule has 0 N–H and O–H groups in total. The van der Waals surface area contributed by atoms with E-state index in [1.807, 2.05) is 0 Å². The van der Waals surface area contributed by atoms with E-state index in [0.29, 0.717) is 5.54 Å². The smallest absolute Gasteiger partial charge is 0.329 e. The van der Waals surface area contributed by atoms with E-state index in [2.05, 4.69) is 65.0 Å². The maximum Gasteiger partial charge on any atom is 0.329 e. The van der Waals surface area contributed by atoms with E-state index in [-0.39, 0.29) is 12.2 Å². The van der Waals surface area contributed by atoms with E-state index in [0.717, 1.165) is 12.8 Å². The number of benzene rings is 1. The molecule has 0 amide bonds. The molecule has 0 saturated carbocycles. The minimum Gasteiger partial charge on any atom is -0.394 e. The second kappa shape index (κ2) is 8.51. The van der Waals surface area contributed by atoms with Crippen molar-refractivity contribution in [3.63, 3.8) is 0 Å². The normalized spacial score (nSPS) is 13.5. The zero-order valence-electron chi connectivity index (χ0n) is 12.9. The Morgan fingerprint density at radius 2 is 1.47 bits per heavy atom. The lowest BCUT2D eigenvalue weighted by atomic mass is 10.1. The molecule has 0 aliphatic heterocycles. The van der Waals surface area contributed by atoms with Gasteiger partial charge < -0.3 is 8.85 Å². The van der Waals surface area contributed by atoms with Gasteiger partial charge in [-0.15, -0.1) is 0 Å². The van der Waals surface area contributed by atoms with Gasteiger partial charge in [-0.1, -0.05) is 43.7 Å². The van der Waals surface area contributed by atoms with E-state index in [1.54, 1.807) is 0 Å². The highest BCUT2D eigenvalue weighted by Crippen LogP contribution is 2.26. The number of rotatable bonds is 8. The molecule has 1 rings (SSSR count). The van der Waals surface area contributed by atoms with Gasteiger partial charge in [0.15, 0.2) is 0 Å². The average Bonchev–Trinajstić information content (AvgIpc) is 2.35. The third-order valence-corrected chi connectivity index (χ3v) is 5.97. The van der Waals surface area contributed by atoms with Crippen LogP contribution in [0.15, 0.2) is 30.3 Å². The quantitative estimate of drug-likeness (QED) is 0.665. The zero-order chi connectivity index (χ0) is 14.3. The summed E-state index contributed by atoms with van der Waals surface area (Å²) < 4.78 is 12.3. The Balaban J connectivity index is 2.90. The third-order valence-electron chi connectivity index (χ3n) is 2.97. The van der Waals surface area contributed by atoms with E-state index < -0.39 is 9.28 Å². The van der Waals surface area contributed by atoms with Gasteiger partial charge in [0, 0.05) is 17.7 Å². The molecule has 1 aromatic rings. The maximum atomic E-state index is 6.15. The van der Waals surface area contributed by atoms with Crippen LogP contribution in [0.25, 0.3) is 0 Å². The lowest BCUT2D eigenvalue weighted by Crippen LogP contribution is -2.36. The standard InChI is InChI=1S/C16H28O2Si/c1-6-10-16(15-11-8-7-9-12-15)19(17-13(2)3)18-14(4)5/h7-9,11-14,16,19H,6,10H2,1-5H3. The Labute approximate surface area is 120 Å². The van der Waals surface area contributed by atoms with Crippen LogP contribution in [0.5, 0.6) is 0 Å². The van der Waals surface area contributed by atoms with Gasteiger partial charge in [0.1, 0.15) is 0 Å². The molecular formula is C16H28O2Si. The van der Waals surface area contributed by atoms with Crippen LogP contribution >= 0.6 is 0 Å². The number of hydrogen-bond donors (Lipinski definition) is 0. The van der Waals surface area contributed by atoms with Crippen LogP contribution < -0.4 is 0 Å². The SMILES string of the molecule is CCCC(c1ccccc1)[SiH](OC(C)C)OC(C)C. The van der Waals surface area contributed by atoms with Crippen molar-refractivity contribution < 1.29 is 8.85 Å². The van der Waals surface area contributed by atoms with Crippen LogP contribution in [-0.4, -0.2) is 21.5 Å². The summed E-state index contributed by atoms with van der Waals surface area (Å²) in [4.78, 5) is 0. The van der Waals surface area contributed by atoms with Gasteiger partial charge >= 0.3 is 9.28 Å². The third kappa shape index (κ3) is 5.89. The fourth-order valence-electron chi connectivity index (χ4n) is 2.23. The number of hydrogen-bond acceptors (Lipinski definition) is 2. The maximum absolute atomic E-state index is 6.15. The molecule has 1 atom stereocenters. The van der Waals surface area contributed by atoms with Gasteiger partial charge in [-0.3, -0.25) is 0 Å². The summed E-state index contributed by atoms with van der Waals surface area (Å²) in [6.07, 6.45) is 2.77. The molecular weight excluding hydrogens is 252 g/mol. The Hall–Kier alpha value is -0.643. The van der Waals surface area contributed by atoms with E-state index >= 15 is 0 Å². The van der Waals surface area contributed by atoms with Gasteiger partial charge in [-0.05, 0) is 39.7 Å². The molecule has 2 nitrogen and oxygen atoms in total. The van der Waals surface area contributed by atoms with Gasteiger partial charge in [0.2, 0.25) is 0 Å². The summed E-state index contributed by atoms with van der Waals surface area (Å²) >= 11 is 0. The Morgan fingerprint density at radius 1 is 0.947 bits per heavy atom. The Bertz CT molecular complexity index is 328. The van der Waals surface area contributed by atoms with Crippen molar-refractivity contribution in [3.05, 3.63) is 35.9 Å². The molecule has 0 saturated heterocycles. The minimum absolute atomic E-state index is 0.235. The lowest BCUT2D eigenvalue weighted by molar-refractivity contribution is 0.122. The molecule has 0 aliphatic rings. The molecule has 0 bridgehead atoms. The van der Waals surface area contributed by atoms with Crippen LogP contribution in [0.2, 0.25) is 0 Å². The van der Waals surface area contributed by atoms with E-state index in [1.165, 1.54) is 5.56 Å². The topological polar surface area (TPSA) is 18.5 Å². The highest BCUT2D eigenvalue weighted by Gasteiger charge is 2.29. The van der Waals surface area contributed by atoms with Crippen molar-refractivity contribution in [3.8, 4) is 0 Å². The molecule has 0 fully saturated rings. The molecule has 1 aromatic carbocycles. The van der Waals surface area contributed by atoms with E-state index in [4.69, 9.17) is 8.85 Å². The highest BCUT2D eigenvalue weighted by molar-refractivity contribution is 6.46. The van der Waals surface area contributed by atoms with Gasteiger partial charge in [0.25, 0.3) is 0 Å². The largest absolute Gasteiger partial charge is 0.394 e. The van der Waals surface area contributed by atoms with Crippen LogP contribution in [0.3, 0.4) is 0 Å². The molecule has 0 heterocycles. The molecule has 108 valence electrons. The fraction of sp³-hybridized carbons (Fsp3) is 0.625. The summed E-state index contributed by atoms with van der Waals surface area (Å²) in [5.74, 6) is 0. The molecule has 1 unspecified atom stereocenters. The summed E-state index contributed by atoms with van der Waals surface area (Å²) in [5, 5.41) is 0. The molecule has 0 aliphatic carbocycles. The Morgan fingerprint density at radius 3 is 1.89 bits per heavy atom. The molecule has 19 heavy (non-hydrogen) atoms. The molecule has 0 spiro atoms. The van der Waals surface area contributed by atoms with Crippen molar-refractivity contribution in [2.45, 2.75) is 65.2 Å². The second-order valence-corrected chi connectivity index (χ2v) is 7.63. The van der Waals surface area contributed by atoms with Gasteiger partial charge in [0.05, 0.1) is 0 Å². The van der Waals surface area contributed by atoms with Crippen molar-refractivity contribution in [2.75, 3.05) is 0 Å². The summed E-state index contributed by atoms with van der Waals surface area (Å²) in [6, 6.07) is 10.7. The average molecular weight is 280 g/mol. The predicted molar refractivity (Wildman–Crippen MR) is 83.7 cm³/mol. The van der Waals surface area contributed by atoms with Crippen LogP contribution in [0, 0.1) is 0 Å². The molecule has 0 radical (unpaired) electrons. The summed E-state index contributed by atoms with van der Waals surface area (Å²) in [7, 11) is -1.71. The van der Waals surface area contributed by atoms with Crippen LogP contribution in [0.4, 0.5) is 0 Å². The fourth-order valence-corrected chi connectivity index (χ4v) is 4.89. The minimum atomic E-state index is -1.71. The first kappa shape index (κ1) is 16.4. The van der Waals surface area contributed by atoms with Crippen molar-refractivity contribution in [1.29, 1.82) is 0 Å². The highest BCUT2D eigenvalue weighted by atomic mass is 28.3.